The van der Waals surface area contributed by atoms with Crippen LogP contribution in [0.4, 0.5) is 0 Å². The van der Waals surface area contributed by atoms with Gasteiger partial charge >= 0.3 is 0 Å². The van der Waals surface area contributed by atoms with Crippen molar-refractivity contribution in [1.29, 1.82) is 0 Å². The van der Waals surface area contributed by atoms with Gasteiger partial charge in [0.15, 0.2) is 0 Å². The Balaban J connectivity index is 2.43. The number of alkyl halides is 1. The molecular formula is C13H9BrO. The summed E-state index contributed by atoms with van der Waals surface area (Å²) in [4.78, 5) is 0. The van der Waals surface area contributed by atoms with Crippen LogP contribution in [0.5, 0.6) is 0 Å². The molecular weight excluding hydrogens is 252 g/mol. The van der Waals surface area contributed by atoms with Crippen LogP contribution in [0.15, 0.2) is 46.9 Å². The molecule has 2 heteroatoms. The SMILES string of the molecule is BrCc1ccc2c(c1)oc1ccccc12. The molecule has 2 aromatic carbocycles. The molecule has 0 aliphatic heterocycles. The highest BCUT2D eigenvalue weighted by molar-refractivity contribution is 9.08. The predicted octanol–water partition coefficient (Wildman–Crippen LogP) is 4.48. The van der Waals surface area contributed by atoms with Gasteiger partial charge < -0.3 is 4.42 Å². The summed E-state index contributed by atoms with van der Waals surface area (Å²) in [5, 5.41) is 3.24. The molecule has 0 fully saturated rings. The zero-order chi connectivity index (χ0) is 10.3. The first-order valence-electron chi connectivity index (χ1n) is 4.84. The topological polar surface area (TPSA) is 13.1 Å². The van der Waals surface area contributed by atoms with E-state index < -0.39 is 0 Å². The lowest BCUT2D eigenvalue weighted by atomic mass is 10.1. The number of halogens is 1. The summed E-state index contributed by atoms with van der Waals surface area (Å²) in [5.41, 5.74) is 3.16. The molecule has 0 saturated heterocycles. The van der Waals surface area contributed by atoms with Crippen molar-refractivity contribution in [3.8, 4) is 0 Å². The quantitative estimate of drug-likeness (QED) is 0.588. The molecule has 0 amide bonds. The van der Waals surface area contributed by atoms with Crippen molar-refractivity contribution in [2.75, 3.05) is 0 Å². The van der Waals surface area contributed by atoms with Crippen LogP contribution in [0, 0.1) is 0 Å². The Hall–Kier alpha value is -1.28. The highest BCUT2D eigenvalue weighted by Gasteiger charge is 2.05. The van der Waals surface area contributed by atoms with Crippen molar-refractivity contribution >= 4 is 37.9 Å². The Bertz CT molecular complexity index is 625. The normalized spacial score (nSPS) is 11.3. The van der Waals surface area contributed by atoms with E-state index >= 15 is 0 Å². The van der Waals surface area contributed by atoms with Gasteiger partial charge in [-0.25, -0.2) is 0 Å². The second-order valence-corrected chi connectivity index (χ2v) is 4.12. The van der Waals surface area contributed by atoms with E-state index in [1.54, 1.807) is 0 Å². The van der Waals surface area contributed by atoms with Gasteiger partial charge in [-0.3, -0.25) is 0 Å². The molecule has 3 rings (SSSR count). The molecule has 0 N–H and O–H groups in total. The third-order valence-electron chi connectivity index (χ3n) is 2.60. The summed E-state index contributed by atoms with van der Waals surface area (Å²) in [6.07, 6.45) is 0. The van der Waals surface area contributed by atoms with E-state index in [-0.39, 0.29) is 0 Å². The summed E-state index contributed by atoms with van der Waals surface area (Å²) in [5.74, 6) is 0. The Labute approximate surface area is 95.8 Å². The average molecular weight is 261 g/mol. The van der Waals surface area contributed by atoms with Crippen LogP contribution in [-0.4, -0.2) is 0 Å². The van der Waals surface area contributed by atoms with Gasteiger partial charge in [0.05, 0.1) is 0 Å². The van der Waals surface area contributed by atoms with Crippen LogP contribution in [0.3, 0.4) is 0 Å². The van der Waals surface area contributed by atoms with Gasteiger partial charge in [-0.05, 0) is 17.7 Å². The van der Waals surface area contributed by atoms with E-state index in [2.05, 4.69) is 40.2 Å². The maximum Gasteiger partial charge on any atom is 0.135 e. The standard InChI is InChI=1S/C13H9BrO/c14-8-9-5-6-11-10-3-1-2-4-12(10)15-13(11)7-9/h1-7H,8H2. The van der Waals surface area contributed by atoms with E-state index in [1.807, 2.05) is 18.2 Å². The second kappa shape index (κ2) is 3.38. The lowest BCUT2D eigenvalue weighted by Gasteiger charge is -1.93. The Morgan fingerprint density at radius 3 is 2.60 bits per heavy atom. The van der Waals surface area contributed by atoms with E-state index in [1.165, 1.54) is 16.3 Å². The van der Waals surface area contributed by atoms with Crippen LogP contribution in [0.25, 0.3) is 21.9 Å². The van der Waals surface area contributed by atoms with Gasteiger partial charge in [0, 0.05) is 16.1 Å². The number of benzene rings is 2. The van der Waals surface area contributed by atoms with Crippen LogP contribution in [0.1, 0.15) is 5.56 Å². The molecule has 0 radical (unpaired) electrons. The number of hydrogen-bond donors (Lipinski definition) is 0. The third kappa shape index (κ3) is 1.37. The van der Waals surface area contributed by atoms with E-state index in [4.69, 9.17) is 4.42 Å². The first-order chi connectivity index (χ1) is 7.38. The fraction of sp³-hybridized carbons (Fsp3) is 0.0769. The van der Waals surface area contributed by atoms with Crippen molar-refractivity contribution in [3.63, 3.8) is 0 Å². The van der Waals surface area contributed by atoms with Gasteiger partial charge in [-0.2, -0.15) is 0 Å². The molecule has 74 valence electrons. The molecule has 0 bridgehead atoms. The Kier molecular flexibility index (Phi) is 2.03. The van der Waals surface area contributed by atoms with Gasteiger partial charge in [-0.15, -0.1) is 0 Å². The maximum absolute atomic E-state index is 5.77. The maximum atomic E-state index is 5.77. The van der Waals surface area contributed by atoms with Crippen LogP contribution in [-0.2, 0) is 5.33 Å². The lowest BCUT2D eigenvalue weighted by Crippen LogP contribution is -1.74. The van der Waals surface area contributed by atoms with Crippen LogP contribution in [0.2, 0.25) is 0 Å². The average Bonchev–Trinajstić information content (AvgIpc) is 2.66. The number of furan rings is 1. The number of hydrogen-bond acceptors (Lipinski definition) is 1. The van der Waals surface area contributed by atoms with Crippen molar-refractivity contribution in [2.45, 2.75) is 5.33 Å². The molecule has 0 unspecified atom stereocenters. The third-order valence-corrected chi connectivity index (χ3v) is 3.24. The van der Waals surface area contributed by atoms with Gasteiger partial charge in [-0.1, -0.05) is 46.3 Å². The largest absolute Gasteiger partial charge is 0.456 e. The van der Waals surface area contributed by atoms with Crippen LogP contribution < -0.4 is 0 Å². The lowest BCUT2D eigenvalue weighted by molar-refractivity contribution is 0.668. The van der Waals surface area contributed by atoms with Gasteiger partial charge in [0.25, 0.3) is 0 Å². The van der Waals surface area contributed by atoms with E-state index in [9.17, 15) is 0 Å². The summed E-state index contributed by atoms with van der Waals surface area (Å²) in [7, 11) is 0. The van der Waals surface area contributed by atoms with Crippen molar-refractivity contribution in [2.24, 2.45) is 0 Å². The number of fused-ring (bicyclic) bond motifs is 3. The molecule has 0 saturated carbocycles. The molecule has 3 aromatic rings. The summed E-state index contributed by atoms with van der Waals surface area (Å²) in [6.45, 7) is 0. The second-order valence-electron chi connectivity index (χ2n) is 3.56. The number of para-hydroxylation sites is 1. The van der Waals surface area contributed by atoms with E-state index in [0.29, 0.717) is 0 Å². The minimum atomic E-state index is 0.861. The summed E-state index contributed by atoms with van der Waals surface area (Å²) < 4.78 is 5.77. The zero-order valence-corrected chi connectivity index (χ0v) is 9.62. The van der Waals surface area contributed by atoms with Crippen molar-refractivity contribution in [3.05, 3.63) is 48.0 Å². The minimum absolute atomic E-state index is 0.861. The molecule has 1 aromatic heterocycles. The minimum Gasteiger partial charge on any atom is -0.456 e. The predicted molar refractivity (Wildman–Crippen MR) is 66.4 cm³/mol. The molecule has 0 aliphatic carbocycles. The molecule has 0 spiro atoms. The fourth-order valence-corrected chi connectivity index (χ4v) is 2.20. The van der Waals surface area contributed by atoms with Gasteiger partial charge in [0.2, 0.25) is 0 Å². The monoisotopic (exact) mass is 260 g/mol. The first kappa shape index (κ1) is 8.98. The zero-order valence-electron chi connectivity index (χ0n) is 8.03. The highest BCUT2D eigenvalue weighted by atomic mass is 79.9. The van der Waals surface area contributed by atoms with Gasteiger partial charge in [0.1, 0.15) is 11.2 Å². The highest BCUT2D eigenvalue weighted by Crippen LogP contribution is 2.29. The fourth-order valence-electron chi connectivity index (χ4n) is 1.85. The Morgan fingerprint density at radius 1 is 0.933 bits per heavy atom. The summed E-state index contributed by atoms with van der Waals surface area (Å²) >= 11 is 3.45. The smallest absolute Gasteiger partial charge is 0.135 e. The van der Waals surface area contributed by atoms with Crippen LogP contribution >= 0.6 is 15.9 Å². The molecule has 1 heterocycles. The molecule has 15 heavy (non-hydrogen) atoms. The summed E-state index contributed by atoms with van der Waals surface area (Å²) in [6, 6.07) is 14.5. The van der Waals surface area contributed by atoms with E-state index in [0.717, 1.165) is 16.5 Å². The van der Waals surface area contributed by atoms with Crippen molar-refractivity contribution < 1.29 is 4.42 Å². The molecule has 0 atom stereocenters. The first-order valence-corrected chi connectivity index (χ1v) is 5.97. The molecule has 1 nitrogen and oxygen atoms in total. The van der Waals surface area contributed by atoms with Crippen molar-refractivity contribution in [1.82, 2.24) is 0 Å². The molecule has 0 aliphatic rings. The Morgan fingerprint density at radius 2 is 1.73 bits per heavy atom. The number of rotatable bonds is 1.